The Morgan fingerprint density at radius 1 is 1.08 bits per heavy atom. The number of hydrogen-bond acceptors (Lipinski definition) is 7. The van der Waals surface area contributed by atoms with Gasteiger partial charge in [0.2, 0.25) is 0 Å². The van der Waals surface area contributed by atoms with Gasteiger partial charge in [-0.1, -0.05) is 12.1 Å². The van der Waals surface area contributed by atoms with Crippen molar-refractivity contribution in [3.63, 3.8) is 0 Å². The number of fused-ring (bicyclic) bond motifs is 1. The average molecular weight is 537 g/mol. The van der Waals surface area contributed by atoms with Crippen LogP contribution in [0.25, 0.3) is 10.9 Å². The number of nitrogens with zero attached hydrogens (tertiary/aromatic N) is 2. The van der Waals surface area contributed by atoms with Crippen molar-refractivity contribution in [3.05, 3.63) is 64.8 Å². The molecule has 1 aromatic heterocycles. The van der Waals surface area contributed by atoms with Crippen molar-refractivity contribution >= 4 is 23.0 Å². The minimum absolute atomic E-state index is 0.0796. The molecule has 0 radical (unpaired) electrons. The molecule has 1 aliphatic rings. The Kier molecular flexibility index (Phi) is 8.67. The van der Waals surface area contributed by atoms with Crippen LogP contribution in [0.15, 0.2) is 42.6 Å². The highest BCUT2D eigenvalue weighted by molar-refractivity contribution is 5.95. The highest BCUT2D eigenvalue weighted by Crippen LogP contribution is 2.38. The van der Waals surface area contributed by atoms with E-state index in [0.717, 1.165) is 52.7 Å². The first-order chi connectivity index (χ1) is 18.6. The van der Waals surface area contributed by atoms with Crippen LogP contribution in [0.4, 0.5) is 4.79 Å². The topological polar surface area (TPSA) is 79.2 Å². The van der Waals surface area contributed by atoms with E-state index >= 15 is 0 Å². The van der Waals surface area contributed by atoms with Gasteiger partial charge in [-0.3, -0.25) is 9.47 Å². The van der Waals surface area contributed by atoms with E-state index in [-0.39, 0.29) is 18.1 Å². The van der Waals surface area contributed by atoms with Gasteiger partial charge in [0.05, 0.1) is 31.4 Å². The molecule has 0 bridgehead atoms. The summed E-state index contributed by atoms with van der Waals surface area (Å²) in [6, 6.07) is 11.7. The first-order valence-corrected chi connectivity index (χ1v) is 13.5. The van der Waals surface area contributed by atoms with Crippen LogP contribution in [0.1, 0.15) is 73.6 Å². The Bertz CT molecular complexity index is 1320. The molecular formula is C31H40N2O6. The normalized spacial score (nSPS) is 18.2. The van der Waals surface area contributed by atoms with Crippen LogP contribution in [0.5, 0.6) is 5.75 Å². The summed E-state index contributed by atoms with van der Waals surface area (Å²) in [7, 11) is 3.07. The van der Waals surface area contributed by atoms with Crippen molar-refractivity contribution < 1.29 is 28.5 Å². The van der Waals surface area contributed by atoms with E-state index in [9.17, 15) is 9.59 Å². The van der Waals surface area contributed by atoms with Gasteiger partial charge in [-0.25, -0.2) is 9.59 Å². The molecule has 1 aliphatic heterocycles. The minimum Gasteiger partial charge on any atom is -0.496 e. The van der Waals surface area contributed by atoms with Crippen molar-refractivity contribution in [1.82, 2.24) is 9.47 Å². The van der Waals surface area contributed by atoms with Gasteiger partial charge < -0.3 is 18.9 Å². The van der Waals surface area contributed by atoms with Crippen LogP contribution in [0.3, 0.4) is 0 Å². The summed E-state index contributed by atoms with van der Waals surface area (Å²) in [5, 5.41) is 0.962. The molecule has 8 heteroatoms. The predicted octanol–water partition coefficient (Wildman–Crippen LogP) is 6.27. The van der Waals surface area contributed by atoms with Crippen molar-refractivity contribution in [2.24, 2.45) is 0 Å². The molecular weight excluding hydrogens is 496 g/mol. The molecule has 0 amide bonds. The molecule has 0 saturated carbocycles. The fraction of sp³-hybridized carbons (Fsp3) is 0.484. The Labute approximate surface area is 230 Å². The average Bonchev–Trinajstić information content (AvgIpc) is 3.36. The minimum atomic E-state index is -0.599. The van der Waals surface area contributed by atoms with Crippen molar-refractivity contribution in [1.29, 1.82) is 0 Å². The second-order valence-electron chi connectivity index (χ2n) is 11.0. The molecule has 0 aliphatic carbocycles. The highest BCUT2D eigenvalue weighted by atomic mass is 16.6. The second kappa shape index (κ2) is 11.8. The van der Waals surface area contributed by atoms with E-state index in [1.54, 1.807) is 17.9 Å². The molecule has 0 N–H and O–H groups in total. The van der Waals surface area contributed by atoms with Gasteiger partial charge in [0.15, 0.2) is 0 Å². The molecule has 3 aromatic rings. The number of ether oxygens (including phenoxy) is 4. The number of aromatic nitrogens is 1. The third-order valence-corrected chi connectivity index (χ3v) is 7.19. The molecule has 2 aromatic carbocycles. The van der Waals surface area contributed by atoms with Gasteiger partial charge in [-0.15, -0.1) is 0 Å². The number of piperidine rings is 1. The Balaban J connectivity index is 1.72. The van der Waals surface area contributed by atoms with E-state index in [4.69, 9.17) is 18.9 Å². The summed E-state index contributed by atoms with van der Waals surface area (Å²) < 4.78 is 24.0. The van der Waals surface area contributed by atoms with Gasteiger partial charge in [0, 0.05) is 42.9 Å². The van der Waals surface area contributed by atoms with E-state index in [1.165, 1.54) is 7.11 Å². The van der Waals surface area contributed by atoms with Gasteiger partial charge in [-0.05, 0) is 82.9 Å². The molecule has 8 nitrogen and oxygen atoms in total. The third kappa shape index (κ3) is 6.28. The van der Waals surface area contributed by atoms with Gasteiger partial charge >= 0.3 is 12.1 Å². The van der Waals surface area contributed by atoms with Gasteiger partial charge in [0.25, 0.3) is 0 Å². The summed E-state index contributed by atoms with van der Waals surface area (Å²) in [5.41, 5.74) is 3.82. The number of aryl methyl sites for hydroxylation is 1. The fourth-order valence-electron chi connectivity index (χ4n) is 5.44. The molecule has 2 heterocycles. The zero-order chi connectivity index (χ0) is 28.3. The van der Waals surface area contributed by atoms with Gasteiger partial charge in [0.1, 0.15) is 11.4 Å². The third-order valence-electron chi connectivity index (χ3n) is 7.19. The smallest absolute Gasteiger partial charge is 0.419 e. The largest absolute Gasteiger partial charge is 0.496 e. The molecule has 1 saturated heterocycles. The maximum absolute atomic E-state index is 13.0. The van der Waals surface area contributed by atoms with Crippen LogP contribution >= 0.6 is 0 Å². The zero-order valence-electron chi connectivity index (χ0n) is 24.1. The van der Waals surface area contributed by atoms with Crippen molar-refractivity contribution in [2.45, 2.75) is 71.8 Å². The number of benzene rings is 2. The highest BCUT2D eigenvalue weighted by Gasteiger charge is 2.32. The Hall–Kier alpha value is -3.36. The second-order valence-corrected chi connectivity index (χ2v) is 11.0. The zero-order valence-corrected chi connectivity index (χ0v) is 24.1. The van der Waals surface area contributed by atoms with E-state index < -0.39 is 11.7 Å². The van der Waals surface area contributed by atoms with E-state index in [2.05, 4.69) is 4.90 Å². The summed E-state index contributed by atoms with van der Waals surface area (Å²) in [6.07, 6.45) is 3.28. The number of hydrogen-bond donors (Lipinski definition) is 0. The number of likely N-dealkylation sites (tertiary alicyclic amines) is 1. The fourth-order valence-corrected chi connectivity index (χ4v) is 5.44. The quantitative estimate of drug-likeness (QED) is 0.329. The first-order valence-electron chi connectivity index (χ1n) is 13.5. The molecule has 2 atom stereocenters. The lowest BCUT2D eigenvalue weighted by molar-refractivity contribution is -0.0138. The molecule has 0 spiro atoms. The summed E-state index contributed by atoms with van der Waals surface area (Å²) in [4.78, 5) is 27.4. The maximum atomic E-state index is 13.0. The summed E-state index contributed by atoms with van der Waals surface area (Å²) >= 11 is 0. The maximum Gasteiger partial charge on any atom is 0.419 e. The number of methoxy groups -OCH3 is 2. The first kappa shape index (κ1) is 28.6. The lowest BCUT2D eigenvalue weighted by atomic mass is 9.91. The van der Waals surface area contributed by atoms with Gasteiger partial charge in [-0.2, -0.15) is 0 Å². The predicted molar refractivity (Wildman–Crippen MR) is 150 cm³/mol. The van der Waals surface area contributed by atoms with E-state index in [1.807, 2.05) is 71.0 Å². The standard InChI is InChI=1S/C31H40N2O6/c1-8-38-23-13-15-32(26(18-23)21-9-11-22(12-10-21)29(34)37-7)19-25-24-14-16-33(30(35)39-31(3,4)5)28(24)20(2)17-27(25)36-6/h9-12,14,16-17,23,26H,8,13,15,18-19H2,1-7H3/t23-,26-/m0/s1. The molecule has 1 fully saturated rings. The lowest BCUT2D eigenvalue weighted by Gasteiger charge is -2.40. The van der Waals surface area contributed by atoms with Crippen molar-refractivity contribution in [2.75, 3.05) is 27.4 Å². The summed E-state index contributed by atoms with van der Waals surface area (Å²) in [5.74, 6) is 0.434. The molecule has 4 rings (SSSR count). The van der Waals surface area contributed by atoms with Crippen LogP contribution in [-0.2, 0) is 20.8 Å². The van der Waals surface area contributed by atoms with E-state index in [0.29, 0.717) is 18.7 Å². The van der Waals surface area contributed by atoms with Crippen molar-refractivity contribution in [3.8, 4) is 5.75 Å². The SMILES string of the molecule is CCO[C@H]1CCN(Cc2c(OC)cc(C)c3c2ccn3C(=O)OC(C)(C)C)[C@H](c2ccc(C(=O)OC)cc2)C1. The monoisotopic (exact) mass is 536 g/mol. The van der Waals surface area contributed by atoms with Crippen LogP contribution in [0.2, 0.25) is 0 Å². The van der Waals surface area contributed by atoms with Crippen LogP contribution in [-0.4, -0.2) is 60.6 Å². The number of rotatable bonds is 7. The molecule has 39 heavy (non-hydrogen) atoms. The van der Waals surface area contributed by atoms with Crippen LogP contribution < -0.4 is 4.74 Å². The van der Waals surface area contributed by atoms with Crippen LogP contribution in [0, 0.1) is 6.92 Å². The number of esters is 1. The number of carbonyl (C=O) groups excluding carboxylic acids is 2. The summed E-state index contributed by atoms with van der Waals surface area (Å²) in [6.45, 7) is 11.7. The number of carbonyl (C=O) groups is 2. The Morgan fingerprint density at radius 2 is 1.79 bits per heavy atom. The molecule has 0 unspecified atom stereocenters. The lowest BCUT2D eigenvalue weighted by Crippen LogP contribution is -2.39. The molecule has 210 valence electrons. The Morgan fingerprint density at radius 3 is 2.41 bits per heavy atom.